The van der Waals surface area contributed by atoms with Crippen molar-refractivity contribution in [2.75, 3.05) is 0 Å². The van der Waals surface area contributed by atoms with Crippen molar-refractivity contribution in [1.29, 1.82) is 0 Å². The Kier molecular flexibility index (Phi) is 3.94. The summed E-state index contributed by atoms with van der Waals surface area (Å²) >= 11 is 0. The van der Waals surface area contributed by atoms with Crippen molar-refractivity contribution in [3.63, 3.8) is 0 Å². The summed E-state index contributed by atoms with van der Waals surface area (Å²) in [5, 5.41) is 8.66. The molecule has 0 aliphatic rings. The van der Waals surface area contributed by atoms with E-state index < -0.39 is 16.0 Å². The predicted molar refractivity (Wildman–Crippen MR) is 74.2 cm³/mol. The van der Waals surface area contributed by atoms with E-state index in [0.29, 0.717) is 17.7 Å². The SMILES string of the molecule is Cc1cc(CCC(=O)O)cn1S(=O)(=O)c1ccccc1. The fraction of sp³-hybridized carbons (Fsp3) is 0.214. The van der Waals surface area contributed by atoms with Crippen LogP contribution in [0.5, 0.6) is 0 Å². The third-order valence-corrected chi connectivity index (χ3v) is 4.73. The molecule has 0 amide bonds. The van der Waals surface area contributed by atoms with E-state index in [2.05, 4.69) is 0 Å². The minimum atomic E-state index is -3.62. The van der Waals surface area contributed by atoms with Gasteiger partial charge in [-0.15, -0.1) is 0 Å². The van der Waals surface area contributed by atoms with E-state index in [1.54, 1.807) is 31.2 Å². The van der Waals surface area contributed by atoms with Gasteiger partial charge >= 0.3 is 5.97 Å². The Morgan fingerprint density at radius 1 is 1.25 bits per heavy atom. The van der Waals surface area contributed by atoms with Crippen LogP contribution in [0.4, 0.5) is 0 Å². The second kappa shape index (κ2) is 5.50. The minimum Gasteiger partial charge on any atom is -0.481 e. The Balaban J connectivity index is 2.36. The summed E-state index contributed by atoms with van der Waals surface area (Å²) in [6.07, 6.45) is 1.78. The highest BCUT2D eigenvalue weighted by Gasteiger charge is 2.18. The molecule has 0 atom stereocenters. The Bertz CT molecular complexity index is 717. The maximum absolute atomic E-state index is 12.5. The van der Waals surface area contributed by atoms with Gasteiger partial charge in [-0.05, 0) is 37.1 Å². The van der Waals surface area contributed by atoms with E-state index in [1.807, 2.05) is 0 Å². The van der Waals surface area contributed by atoms with Gasteiger partial charge in [-0.25, -0.2) is 12.4 Å². The van der Waals surface area contributed by atoms with Crippen molar-refractivity contribution >= 4 is 16.0 Å². The standard InChI is InChI=1S/C14H15NO4S/c1-11-9-12(7-8-14(16)17)10-15(11)20(18,19)13-5-3-2-4-6-13/h2-6,9-10H,7-8H2,1H3,(H,16,17). The molecule has 20 heavy (non-hydrogen) atoms. The van der Waals surface area contributed by atoms with Crippen LogP contribution in [0.1, 0.15) is 17.7 Å². The van der Waals surface area contributed by atoms with Gasteiger partial charge in [0.05, 0.1) is 4.90 Å². The number of hydrogen-bond acceptors (Lipinski definition) is 3. The Labute approximate surface area is 117 Å². The maximum Gasteiger partial charge on any atom is 0.303 e. The maximum atomic E-state index is 12.5. The molecular weight excluding hydrogens is 278 g/mol. The summed E-state index contributed by atoms with van der Waals surface area (Å²) in [5.74, 6) is -0.902. The fourth-order valence-corrected chi connectivity index (χ4v) is 3.41. The molecule has 106 valence electrons. The number of aromatic nitrogens is 1. The van der Waals surface area contributed by atoms with Crippen LogP contribution in [0.3, 0.4) is 0 Å². The number of carboxylic acid groups (broad SMARTS) is 1. The molecule has 1 N–H and O–H groups in total. The largest absolute Gasteiger partial charge is 0.481 e. The lowest BCUT2D eigenvalue weighted by Gasteiger charge is -2.07. The summed E-state index contributed by atoms with van der Waals surface area (Å²) in [6.45, 7) is 1.69. The zero-order chi connectivity index (χ0) is 14.8. The fourth-order valence-electron chi connectivity index (χ4n) is 1.97. The number of hydrogen-bond donors (Lipinski definition) is 1. The van der Waals surface area contributed by atoms with Crippen molar-refractivity contribution in [1.82, 2.24) is 3.97 Å². The normalized spacial score (nSPS) is 11.4. The molecule has 2 aromatic rings. The summed E-state index contributed by atoms with van der Waals surface area (Å²) in [6, 6.07) is 9.84. The molecule has 0 saturated heterocycles. The van der Waals surface area contributed by atoms with E-state index in [1.165, 1.54) is 22.3 Å². The van der Waals surface area contributed by atoms with Gasteiger partial charge in [0.2, 0.25) is 0 Å². The molecule has 0 saturated carbocycles. The van der Waals surface area contributed by atoms with Gasteiger partial charge in [-0.3, -0.25) is 4.79 Å². The van der Waals surface area contributed by atoms with Crippen molar-refractivity contribution in [2.45, 2.75) is 24.7 Å². The van der Waals surface area contributed by atoms with Crippen LogP contribution in [0.2, 0.25) is 0 Å². The van der Waals surface area contributed by atoms with E-state index in [9.17, 15) is 13.2 Å². The lowest BCUT2D eigenvalue weighted by Crippen LogP contribution is -2.13. The van der Waals surface area contributed by atoms with Crippen LogP contribution in [-0.4, -0.2) is 23.5 Å². The summed E-state index contributed by atoms with van der Waals surface area (Å²) in [4.78, 5) is 10.8. The van der Waals surface area contributed by atoms with Gasteiger partial charge < -0.3 is 5.11 Å². The van der Waals surface area contributed by atoms with Crippen LogP contribution in [-0.2, 0) is 21.2 Å². The van der Waals surface area contributed by atoms with Crippen LogP contribution >= 0.6 is 0 Å². The molecule has 0 unspecified atom stereocenters. The number of rotatable bonds is 5. The molecule has 0 radical (unpaired) electrons. The first-order chi connectivity index (χ1) is 9.41. The molecule has 6 heteroatoms. The van der Waals surface area contributed by atoms with Crippen molar-refractivity contribution in [2.24, 2.45) is 0 Å². The summed E-state index contributed by atoms with van der Waals surface area (Å²) < 4.78 is 26.1. The molecule has 1 aromatic heterocycles. The number of carboxylic acids is 1. The van der Waals surface area contributed by atoms with Gasteiger partial charge in [0, 0.05) is 18.3 Å². The van der Waals surface area contributed by atoms with Crippen molar-refractivity contribution in [3.8, 4) is 0 Å². The highest BCUT2D eigenvalue weighted by molar-refractivity contribution is 7.90. The van der Waals surface area contributed by atoms with E-state index in [0.717, 1.165) is 0 Å². The zero-order valence-corrected chi connectivity index (χ0v) is 11.8. The highest BCUT2D eigenvalue weighted by atomic mass is 32.2. The first kappa shape index (κ1) is 14.3. The third kappa shape index (κ3) is 2.91. The summed E-state index contributed by atoms with van der Waals surface area (Å²) in [7, 11) is -3.62. The Hall–Kier alpha value is -2.08. The molecule has 0 spiro atoms. The van der Waals surface area contributed by atoms with Crippen molar-refractivity contribution in [3.05, 3.63) is 53.9 Å². The minimum absolute atomic E-state index is 0.0190. The van der Waals surface area contributed by atoms with Crippen LogP contribution in [0, 0.1) is 6.92 Å². The van der Waals surface area contributed by atoms with Crippen LogP contribution < -0.4 is 0 Å². The van der Waals surface area contributed by atoms with E-state index >= 15 is 0 Å². The quantitative estimate of drug-likeness (QED) is 0.915. The average Bonchev–Trinajstić information content (AvgIpc) is 2.79. The second-order valence-electron chi connectivity index (χ2n) is 4.50. The van der Waals surface area contributed by atoms with Gasteiger partial charge in [0.25, 0.3) is 10.0 Å². The zero-order valence-electron chi connectivity index (χ0n) is 11.0. The lowest BCUT2D eigenvalue weighted by molar-refractivity contribution is -0.136. The predicted octanol–water partition coefficient (Wildman–Crippen LogP) is 2.05. The number of nitrogens with zero attached hydrogens (tertiary/aromatic N) is 1. The van der Waals surface area contributed by atoms with Gasteiger partial charge in [-0.2, -0.15) is 0 Å². The van der Waals surface area contributed by atoms with Gasteiger partial charge in [0.15, 0.2) is 0 Å². The van der Waals surface area contributed by atoms with Crippen LogP contribution in [0.15, 0.2) is 47.5 Å². The number of benzene rings is 1. The molecule has 1 aromatic carbocycles. The topological polar surface area (TPSA) is 76.4 Å². The average molecular weight is 293 g/mol. The smallest absolute Gasteiger partial charge is 0.303 e. The molecule has 0 fully saturated rings. The molecule has 0 bridgehead atoms. The monoisotopic (exact) mass is 293 g/mol. The Morgan fingerprint density at radius 2 is 1.90 bits per heavy atom. The van der Waals surface area contributed by atoms with Crippen LogP contribution in [0.25, 0.3) is 0 Å². The molecule has 0 aliphatic carbocycles. The first-order valence-corrected chi connectivity index (χ1v) is 7.55. The molecular formula is C14H15NO4S. The van der Waals surface area contributed by atoms with Crippen molar-refractivity contribution < 1.29 is 18.3 Å². The summed E-state index contributed by atoms with van der Waals surface area (Å²) in [5.41, 5.74) is 1.26. The number of carbonyl (C=O) groups is 1. The molecule has 2 rings (SSSR count). The van der Waals surface area contributed by atoms with Gasteiger partial charge in [-0.1, -0.05) is 18.2 Å². The van der Waals surface area contributed by atoms with E-state index in [4.69, 9.17) is 5.11 Å². The van der Waals surface area contributed by atoms with Gasteiger partial charge in [0.1, 0.15) is 0 Å². The molecule has 0 aliphatic heterocycles. The van der Waals surface area contributed by atoms with E-state index in [-0.39, 0.29) is 11.3 Å². The Morgan fingerprint density at radius 3 is 2.50 bits per heavy atom. The number of aryl methyl sites for hydroxylation is 2. The highest BCUT2D eigenvalue weighted by Crippen LogP contribution is 2.18. The lowest BCUT2D eigenvalue weighted by atomic mass is 10.2. The first-order valence-electron chi connectivity index (χ1n) is 6.11. The molecule has 5 nitrogen and oxygen atoms in total. The third-order valence-electron chi connectivity index (χ3n) is 2.95. The second-order valence-corrected chi connectivity index (χ2v) is 6.31. The molecule has 1 heterocycles. The number of aliphatic carboxylic acids is 1.